The van der Waals surface area contributed by atoms with Crippen molar-refractivity contribution in [1.82, 2.24) is 5.32 Å². The Morgan fingerprint density at radius 2 is 2.00 bits per heavy atom. The van der Waals surface area contributed by atoms with E-state index >= 15 is 0 Å². The van der Waals surface area contributed by atoms with Crippen molar-refractivity contribution in [3.05, 3.63) is 53.3 Å². The molecule has 1 heterocycles. The highest BCUT2D eigenvalue weighted by Crippen LogP contribution is 2.38. The van der Waals surface area contributed by atoms with Gasteiger partial charge in [0.2, 0.25) is 0 Å². The van der Waals surface area contributed by atoms with E-state index in [-0.39, 0.29) is 11.9 Å². The molecular weight excluding hydrogens is 473 g/mol. The van der Waals surface area contributed by atoms with Crippen LogP contribution in [0.1, 0.15) is 29.8 Å². The first-order valence-electron chi connectivity index (χ1n) is 6.16. The number of halogens is 4. The van der Waals surface area contributed by atoms with Crippen LogP contribution < -0.4 is 5.32 Å². The van der Waals surface area contributed by atoms with Crippen LogP contribution >= 0.6 is 59.1 Å². The lowest BCUT2D eigenvalue weighted by Crippen LogP contribution is -2.23. The third-order valence-electron chi connectivity index (χ3n) is 2.82. The average molecular weight is 486 g/mol. The first-order valence-corrected chi connectivity index (χ1v) is 9.35. The van der Waals surface area contributed by atoms with Crippen LogP contribution in [-0.2, 0) is 0 Å². The first kappa shape index (κ1) is 16.6. The lowest BCUT2D eigenvalue weighted by atomic mass is 10.0. The molecule has 0 aliphatic carbocycles. The van der Waals surface area contributed by atoms with Crippen molar-refractivity contribution in [3.63, 3.8) is 0 Å². The second-order valence-electron chi connectivity index (χ2n) is 4.32. The van der Waals surface area contributed by atoms with E-state index in [0.29, 0.717) is 5.56 Å². The summed E-state index contributed by atoms with van der Waals surface area (Å²) in [5.74, 6) is -0.200. The highest BCUT2D eigenvalue weighted by Gasteiger charge is 2.20. The zero-order valence-corrected chi connectivity index (χ0v) is 16.3. The zero-order valence-electron chi connectivity index (χ0n) is 10.7. The fraction of sp³-hybridized carbons (Fsp3) is 0.286. The summed E-state index contributed by atoms with van der Waals surface area (Å²) in [6.07, 6.45) is 1.00. The molecule has 6 heteroatoms. The lowest BCUT2D eigenvalue weighted by molar-refractivity contribution is 0.550. The van der Waals surface area contributed by atoms with Gasteiger partial charge in [0, 0.05) is 19.4 Å². The van der Waals surface area contributed by atoms with E-state index in [4.69, 9.17) is 0 Å². The van der Waals surface area contributed by atoms with Gasteiger partial charge < -0.3 is 5.32 Å². The lowest BCUT2D eigenvalue weighted by Gasteiger charge is -2.18. The first-order chi connectivity index (χ1) is 9.52. The van der Waals surface area contributed by atoms with Gasteiger partial charge in [-0.15, -0.1) is 11.3 Å². The van der Waals surface area contributed by atoms with Gasteiger partial charge in [0.05, 0.1) is 9.83 Å². The normalized spacial score (nSPS) is 12.7. The molecule has 1 unspecified atom stereocenters. The Bertz CT molecular complexity index is 581. The number of rotatable bonds is 5. The maximum Gasteiger partial charge on any atom is 0.129 e. The van der Waals surface area contributed by atoms with E-state index in [2.05, 4.69) is 60.0 Å². The summed E-state index contributed by atoms with van der Waals surface area (Å²) in [4.78, 5) is 1.08. The molecule has 0 saturated carbocycles. The van der Waals surface area contributed by atoms with Crippen molar-refractivity contribution in [2.45, 2.75) is 19.4 Å². The molecule has 0 amide bonds. The number of hydrogen-bond donors (Lipinski definition) is 1. The molecule has 1 N–H and O–H groups in total. The molecule has 0 fully saturated rings. The number of thiophene rings is 1. The zero-order chi connectivity index (χ0) is 14.7. The molecular formula is C14H13Br3FNS. The molecule has 0 radical (unpaired) electrons. The van der Waals surface area contributed by atoms with Crippen molar-refractivity contribution in [2.75, 3.05) is 6.54 Å². The molecule has 0 aliphatic rings. The molecule has 1 nitrogen and oxygen atoms in total. The van der Waals surface area contributed by atoms with Gasteiger partial charge in [0.25, 0.3) is 0 Å². The topological polar surface area (TPSA) is 12.0 Å². The van der Waals surface area contributed by atoms with Gasteiger partial charge in [0.15, 0.2) is 0 Å². The standard InChI is InChI=1S/C14H13Br3FNS/c1-2-5-19-13(12-7-10(16)14(17)20-12)9-4-3-8(15)6-11(9)18/h3-4,6-7,13,19H,2,5H2,1H3. The maximum absolute atomic E-state index is 14.2. The third kappa shape index (κ3) is 3.91. The quantitative estimate of drug-likeness (QED) is 0.526. The number of nitrogens with one attached hydrogen (secondary N) is 1. The minimum absolute atomic E-state index is 0.129. The molecule has 1 aromatic heterocycles. The molecule has 0 saturated heterocycles. The van der Waals surface area contributed by atoms with E-state index < -0.39 is 0 Å². The summed E-state index contributed by atoms with van der Waals surface area (Å²) < 4.78 is 17.0. The Hall–Kier alpha value is 0.250. The predicted molar refractivity (Wildman–Crippen MR) is 94.0 cm³/mol. The molecule has 20 heavy (non-hydrogen) atoms. The molecule has 2 rings (SSSR count). The van der Waals surface area contributed by atoms with Gasteiger partial charge >= 0.3 is 0 Å². The third-order valence-corrected chi connectivity index (χ3v) is 6.64. The van der Waals surface area contributed by atoms with Crippen LogP contribution in [0.25, 0.3) is 0 Å². The molecule has 1 atom stereocenters. The number of hydrogen-bond acceptors (Lipinski definition) is 2. The highest BCUT2D eigenvalue weighted by atomic mass is 79.9. The van der Waals surface area contributed by atoms with Crippen molar-refractivity contribution >= 4 is 59.1 Å². The summed E-state index contributed by atoms with van der Waals surface area (Å²) in [5, 5.41) is 3.42. The molecule has 0 aliphatic heterocycles. The minimum atomic E-state index is -0.200. The van der Waals surface area contributed by atoms with E-state index in [1.165, 1.54) is 6.07 Å². The molecule has 1 aromatic carbocycles. The van der Waals surface area contributed by atoms with Crippen LogP contribution in [0, 0.1) is 5.82 Å². The number of benzene rings is 1. The van der Waals surface area contributed by atoms with Gasteiger partial charge in [-0.25, -0.2) is 4.39 Å². The Labute approximate surface area is 147 Å². The Morgan fingerprint density at radius 3 is 2.55 bits per heavy atom. The van der Waals surface area contributed by atoms with Crippen molar-refractivity contribution < 1.29 is 4.39 Å². The van der Waals surface area contributed by atoms with Gasteiger partial charge in [-0.3, -0.25) is 0 Å². The summed E-state index contributed by atoms with van der Waals surface area (Å²) in [5.41, 5.74) is 0.669. The molecule has 2 aromatic rings. The summed E-state index contributed by atoms with van der Waals surface area (Å²) >= 11 is 11.9. The van der Waals surface area contributed by atoms with Crippen LogP contribution in [0.4, 0.5) is 4.39 Å². The van der Waals surface area contributed by atoms with Gasteiger partial charge in [-0.2, -0.15) is 0 Å². The summed E-state index contributed by atoms with van der Waals surface area (Å²) in [7, 11) is 0. The second kappa shape index (κ2) is 7.49. The smallest absolute Gasteiger partial charge is 0.129 e. The molecule has 0 bridgehead atoms. The monoisotopic (exact) mass is 483 g/mol. The highest BCUT2D eigenvalue weighted by molar-refractivity contribution is 9.13. The second-order valence-corrected chi connectivity index (χ2v) is 8.50. The van der Waals surface area contributed by atoms with E-state index in [1.807, 2.05) is 18.2 Å². The van der Waals surface area contributed by atoms with Crippen LogP contribution in [0.5, 0.6) is 0 Å². The Kier molecular flexibility index (Phi) is 6.23. The van der Waals surface area contributed by atoms with Crippen LogP contribution in [0.15, 0.2) is 37.0 Å². The van der Waals surface area contributed by atoms with E-state index in [9.17, 15) is 4.39 Å². The van der Waals surface area contributed by atoms with E-state index in [1.54, 1.807) is 11.3 Å². The maximum atomic E-state index is 14.2. The van der Waals surface area contributed by atoms with Gasteiger partial charge in [-0.05, 0) is 63.0 Å². The van der Waals surface area contributed by atoms with Gasteiger partial charge in [0.1, 0.15) is 5.82 Å². The Morgan fingerprint density at radius 1 is 1.25 bits per heavy atom. The fourth-order valence-electron chi connectivity index (χ4n) is 1.89. The largest absolute Gasteiger partial charge is 0.306 e. The average Bonchev–Trinajstić information content (AvgIpc) is 2.72. The summed E-state index contributed by atoms with van der Waals surface area (Å²) in [6, 6.07) is 7.11. The fourth-order valence-corrected chi connectivity index (χ4v) is 4.41. The van der Waals surface area contributed by atoms with Crippen molar-refractivity contribution in [1.29, 1.82) is 0 Å². The van der Waals surface area contributed by atoms with Gasteiger partial charge in [-0.1, -0.05) is 28.9 Å². The molecule has 108 valence electrons. The van der Waals surface area contributed by atoms with E-state index in [0.717, 1.165) is 30.6 Å². The Balaban J connectivity index is 2.41. The van der Waals surface area contributed by atoms with Crippen LogP contribution in [0.3, 0.4) is 0 Å². The van der Waals surface area contributed by atoms with Crippen molar-refractivity contribution in [2.24, 2.45) is 0 Å². The molecule has 0 spiro atoms. The predicted octanol–water partition coefficient (Wildman–Crippen LogP) is 6.26. The van der Waals surface area contributed by atoms with Crippen LogP contribution in [-0.4, -0.2) is 6.54 Å². The van der Waals surface area contributed by atoms with Crippen molar-refractivity contribution in [3.8, 4) is 0 Å². The minimum Gasteiger partial charge on any atom is -0.306 e. The van der Waals surface area contributed by atoms with Crippen LogP contribution in [0.2, 0.25) is 0 Å². The summed E-state index contributed by atoms with van der Waals surface area (Å²) in [6.45, 7) is 2.94. The SMILES string of the molecule is CCCNC(c1cc(Br)c(Br)s1)c1ccc(Br)cc1F.